The topological polar surface area (TPSA) is 48.9 Å². The van der Waals surface area contributed by atoms with Crippen LogP contribution in [0.25, 0.3) is 0 Å². The molecule has 1 aromatic carbocycles. The van der Waals surface area contributed by atoms with Crippen LogP contribution in [0, 0.1) is 36.0 Å². The molecule has 5 aliphatic carbocycles. The predicted octanol–water partition coefficient (Wildman–Crippen LogP) is 4.92. The van der Waals surface area contributed by atoms with Crippen molar-refractivity contribution in [2.75, 3.05) is 0 Å². The Balaban J connectivity index is 1.39. The number of aromatic nitrogens is 3. The Labute approximate surface area is 206 Å². The lowest BCUT2D eigenvalue weighted by molar-refractivity contribution is -0.00767. The van der Waals surface area contributed by atoms with Crippen LogP contribution in [0.15, 0.2) is 46.0 Å². The van der Waals surface area contributed by atoms with E-state index in [1.807, 2.05) is 9.36 Å². The third-order valence-electron chi connectivity index (χ3n) is 12.5. The predicted molar refractivity (Wildman–Crippen MR) is 136 cm³/mol. The number of allylic oxidation sites excluding steroid dienone is 4. The molecule has 9 rings (SSSR count). The molecule has 0 N–H and O–H groups in total. The summed E-state index contributed by atoms with van der Waals surface area (Å²) >= 11 is 0. The summed E-state index contributed by atoms with van der Waals surface area (Å²) in [5, 5.41) is 0. The first-order valence-electron chi connectivity index (χ1n) is 13.5. The van der Waals surface area contributed by atoms with Gasteiger partial charge in [0.25, 0.3) is 0 Å². The molecule has 7 aliphatic rings. The molecule has 35 heavy (non-hydrogen) atoms. The molecule has 4 bridgehead atoms. The van der Waals surface area contributed by atoms with Crippen LogP contribution in [0.3, 0.4) is 0 Å². The Bertz CT molecular complexity index is 1530. The van der Waals surface area contributed by atoms with Crippen LogP contribution in [-0.4, -0.2) is 13.9 Å². The summed E-state index contributed by atoms with van der Waals surface area (Å²) in [6, 6.07) is 4.22. The second-order valence-corrected chi connectivity index (χ2v) is 13.3. The average Bonchev–Trinajstić information content (AvgIpc) is 3.28. The summed E-state index contributed by atoms with van der Waals surface area (Å²) in [5.74, 6) is 0.579. The fourth-order valence-electron chi connectivity index (χ4n) is 10.1. The largest absolute Gasteiger partial charge is 0.348 e. The van der Waals surface area contributed by atoms with Crippen LogP contribution in [0.4, 0.5) is 0 Å². The van der Waals surface area contributed by atoms with Crippen LogP contribution in [0.1, 0.15) is 86.8 Å². The molecule has 2 aliphatic heterocycles. The molecule has 5 nitrogen and oxygen atoms in total. The first-order chi connectivity index (χ1) is 16.6. The third kappa shape index (κ3) is 1.82. The second-order valence-electron chi connectivity index (χ2n) is 13.3. The molecule has 2 aromatic rings. The van der Waals surface area contributed by atoms with Crippen molar-refractivity contribution in [1.29, 1.82) is 0 Å². The van der Waals surface area contributed by atoms with E-state index in [1.54, 1.807) is 4.57 Å². The molecule has 3 heterocycles. The highest BCUT2D eigenvalue weighted by Gasteiger charge is 2.71. The summed E-state index contributed by atoms with van der Waals surface area (Å²) in [6.07, 6.45) is 14.5. The van der Waals surface area contributed by atoms with Gasteiger partial charge in [-0.25, -0.2) is 23.5 Å². The summed E-state index contributed by atoms with van der Waals surface area (Å²) in [6.45, 7) is 11.5. The Hall–Kier alpha value is -2.56. The van der Waals surface area contributed by atoms with Crippen molar-refractivity contribution in [1.82, 2.24) is 13.9 Å². The highest BCUT2D eigenvalue weighted by Crippen LogP contribution is 2.72. The quantitative estimate of drug-likeness (QED) is 0.557. The second kappa shape index (κ2) is 5.71. The Morgan fingerprint density at radius 2 is 1.57 bits per heavy atom. The standard InChI is InChI=1S/C30H35N3O2/c1-17-6-7-18(2)24-20(17)11-13-29-14-15-30(24,29)22-9-8-21(29)32-25(34)31(26(35)33(22)32)23-16-19-10-12-28(23,5)27(19,3)4/h6-9,14-15,19,21-23H,10-13,16H2,1-5H3/t19-,21-,22-,23+,28-,29-,30+/m1/s1. The lowest BCUT2D eigenvalue weighted by Gasteiger charge is -2.67. The minimum Gasteiger partial charge on any atom is -0.246 e. The fourth-order valence-corrected chi connectivity index (χ4v) is 10.1. The van der Waals surface area contributed by atoms with Crippen LogP contribution in [0.5, 0.6) is 0 Å². The van der Waals surface area contributed by atoms with Gasteiger partial charge in [-0.3, -0.25) is 0 Å². The minimum atomic E-state index is -0.240. The molecule has 7 atom stereocenters. The molecular weight excluding hydrogens is 434 g/mol. The monoisotopic (exact) mass is 469 g/mol. The number of fused-ring (bicyclic) bond motifs is 3. The Kier molecular flexibility index (Phi) is 3.36. The molecule has 1 aromatic heterocycles. The maximum Gasteiger partial charge on any atom is 0.348 e. The van der Waals surface area contributed by atoms with Gasteiger partial charge in [-0.15, -0.1) is 0 Å². The average molecular weight is 470 g/mol. The molecule has 2 fully saturated rings. The van der Waals surface area contributed by atoms with Gasteiger partial charge in [-0.1, -0.05) is 57.2 Å². The van der Waals surface area contributed by atoms with E-state index < -0.39 is 0 Å². The van der Waals surface area contributed by atoms with Gasteiger partial charge in [-0.05, 0) is 85.0 Å². The van der Waals surface area contributed by atoms with Gasteiger partial charge >= 0.3 is 11.4 Å². The summed E-state index contributed by atoms with van der Waals surface area (Å²) in [4.78, 5) is 28.5. The highest BCUT2D eigenvalue weighted by molar-refractivity contribution is 5.61. The summed E-state index contributed by atoms with van der Waals surface area (Å²) in [5.41, 5.74) is 5.10. The molecule has 0 spiro atoms. The minimum absolute atomic E-state index is 0.0137. The molecule has 0 saturated heterocycles. The van der Waals surface area contributed by atoms with Crippen molar-refractivity contribution in [3.8, 4) is 0 Å². The molecule has 0 radical (unpaired) electrons. The summed E-state index contributed by atoms with van der Waals surface area (Å²) < 4.78 is 5.43. The van der Waals surface area contributed by atoms with E-state index in [-0.39, 0.29) is 51.2 Å². The number of hydrogen-bond acceptors (Lipinski definition) is 2. The molecule has 0 unspecified atom stereocenters. The number of rotatable bonds is 1. The van der Waals surface area contributed by atoms with Gasteiger partial charge in [0.2, 0.25) is 0 Å². The van der Waals surface area contributed by atoms with Crippen molar-refractivity contribution in [2.24, 2.45) is 22.2 Å². The van der Waals surface area contributed by atoms with Gasteiger partial charge in [-0.2, -0.15) is 0 Å². The first-order valence-corrected chi connectivity index (χ1v) is 13.5. The molecule has 5 heteroatoms. The van der Waals surface area contributed by atoms with Crippen molar-refractivity contribution in [3.05, 3.63) is 79.7 Å². The van der Waals surface area contributed by atoms with Crippen molar-refractivity contribution >= 4 is 0 Å². The van der Waals surface area contributed by atoms with Crippen LogP contribution in [0.2, 0.25) is 0 Å². The third-order valence-corrected chi connectivity index (χ3v) is 12.5. The zero-order valence-corrected chi connectivity index (χ0v) is 21.5. The Morgan fingerprint density at radius 1 is 0.886 bits per heavy atom. The van der Waals surface area contributed by atoms with Gasteiger partial charge in [0.1, 0.15) is 0 Å². The zero-order valence-electron chi connectivity index (χ0n) is 21.5. The number of nitrogens with zero attached hydrogens (tertiary/aromatic N) is 3. The molecular formula is C30H35N3O2. The van der Waals surface area contributed by atoms with E-state index in [4.69, 9.17) is 0 Å². The van der Waals surface area contributed by atoms with Gasteiger partial charge in [0.05, 0.1) is 17.5 Å². The van der Waals surface area contributed by atoms with E-state index in [0.717, 1.165) is 25.7 Å². The zero-order chi connectivity index (χ0) is 24.3. The molecule has 182 valence electrons. The number of hydrogen-bond donors (Lipinski definition) is 0. The van der Waals surface area contributed by atoms with E-state index in [0.29, 0.717) is 5.92 Å². The lowest BCUT2D eigenvalue weighted by Crippen LogP contribution is -2.68. The Morgan fingerprint density at radius 3 is 2.20 bits per heavy atom. The van der Waals surface area contributed by atoms with Crippen molar-refractivity contribution in [3.63, 3.8) is 0 Å². The van der Waals surface area contributed by atoms with Gasteiger partial charge in [0, 0.05) is 11.5 Å². The fraction of sp³-hybridized carbons (Fsp3) is 0.600. The maximum absolute atomic E-state index is 14.3. The molecule has 0 amide bonds. The number of benzene rings is 1. The summed E-state index contributed by atoms with van der Waals surface area (Å²) in [7, 11) is 0. The van der Waals surface area contributed by atoms with Gasteiger partial charge < -0.3 is 0 Å². The lowest BCUT2D eigenvalue weighted by atomic mass is 9.40. The molecule has 2 saturated carbocycles. The van der Waals surface area contributed by atoms with E-state index >= 15 is 0 Å². The van der Waals surface area contributed by atoms with Crippen molar-refractivity contribution in [2.45, 2.75) is 90.3 Å². The normalized spacial score (nSPS) is 42.4. The van der Waals surface area contributed by atoms with Gasteiger partial charge in [0.15, 0.2) is 0 Å². The first kappa shape index (κ1) is 20.6. The van der Waals surface area contributed by atoms with E-state index in [2.05, 4.69) is 71.1 Å². The van der Waals surface area contributed by atoms with E-state index in [1.165, 1.54) is 28.7 Å². The maximum atomic E-state index is 14.3. The van der Waals surface area contributed by atoms with Crippen molar-refractivity contribution < 1.29 is 0 Å². The number of aryl methyl sites for hydroxylation is 2. The SMILES string of the molecule is Cc1ccc(C)c2c1CC[C@]13C=C[C@]21[C@H]1C=C[C@H]3n2c(=O)n([C@H]3C[C@H]4CC[C@@]3(C)C4(C)C)c(=O)n21. The van der Waals surface area contributed by atoms with E-state index in [9.17, 15) is 9.59 Å². The van der Waals surface area contributed by atoms with Crippen LogP contribution < -0.4 is 11.4 Å². The van der Waals surface area contributed by atoms with Crippen LogP contribution >= 0.6 is 0 Å². The smallest absolute Gasteiger partial charge is 0.246 e. The highest BCUT2D eigenvalue weighted by atomic mass is 16.2. The van der Waals surface area contributed by atoms with Crippen LogP contribution in [-0.2, 0) is 11.8 Å².